The summed E-state index contributed by atoms with van der Waals surface area (Å²) in [5.41, 5.74) is 6.63. The average Bonchev–Trinajstić information content (AvgIpc) is 2.37. The second-order valence-electron chi connectivity index (χ2n) is 4.49. The van der Waals surface area contributed by atoms with Gasteiger partial charge in [-0.2, -0.15) is 0 Å². The molecule has 0 aliphatic heterocycles. The van der Waals surface area contributed by atoms with Crippen LogP contribution in [-0.2, 0) is 10.3 Å². The number of halogens is 1. The van der Waals surface area contributed by atoms with Gasteiger partial charge in [-0.25, -0.2) is 0 Å². The fraction of sp³-hybridized carbons (Fsp3) is 0.500. The lowest BCUT2D eigenvalue weighted by Crippen LogP contribution is -2.42. The van der Waals surface area contributed by atoms with E-state index in [0.717, 1.165) is 12.0 Å². The molecule has 3 nitrogen and oxygen atoms in total. The third-order valence-electron chi connectivity index (χ3n) is 2.94. The Bertz CT molecular complexity index is 369. The van der Waals surface area contributed by atoms with E-state index in [4.69, 9.17) is 17.3 Å². The van der Waals surface area contributed by atoms with Gasteiger partial charge in [0, 0.05) is 18.8 Å². The summed E-state index contributed by atoms with van der Waals surface area (Å²) in [6.45, 7) is 2.70. The van der Waals surface area contributed by atoms with Crippen LogP contribution in [0, 0.1) is 0 Å². The van der Waals surface area contributed by atoms with Crippen LogP contribution in [0.15, 0.2) is 30.3 Å². The van der Waals surface area contributed by atoms with Crippen molar-refractivity contribution in [3.8, 4) is 0 Å². The maximum absolute atomic E-state index is 11.8. The topological polar surface area (TPSA) is 55.1 Å². The highest BCUT2D eigenvalue weighted by Gasteiger charge is 2.29. The SMILES string of the molecule is CCCNC(=O)CC(N)(CCCl)c1ccccc1. The average molecular weight is 269 g/mol. The van der Waals surface area contributed by atoms with Crippen LogP contribution in [0.2, 0.25) is 0 Å². The summed E-state index contributed by atoms with van der Waals surface area (Å²) < 4.78 is 0. The highest BCUT2D eigenvalue weighted by Crippen LogP contribution is 2.26. The Labute approximate surface area is 114 Å². The van der Waals surface area contributed by atoms with Crippen LogP contribution in [0.3, 0.4) is 0 Å². The van der Waals surface area contributed by atoms with Gasteiger partial charge in [0.15, 0.2) is 0 Å². The molecule has 1 aromatic rings. The molecule has 0 fully saturated rings. The molecule has 1 rings (SSSR count). The molecule has 0 saturated carbocycles. The van der Waals surface area contributed by atoms with Crippen molar-refractivity contribution in [1.29, 1.82) is 0 Å². The van der Waals surface area contributed by atoms with E-state index in [2.05, 4.69) is 5.32 Å². The van der Waals surface area contributed by atoms with Crippen molar-refractivity contribution in [3.05, 3.63) is 35.9 Å². The molecule has 1 aromatic carbocycles. The zero-order valence-electron chi connectivity index (χ0n) is 10.8. The predicted octanol–water partition coefficient (Wildman–Crippen LogP) is 2.39. The summed E-state index contributed by atoms with van der Waals surface area (Å²) in [7, 11) is 0. The molecule has 1 unspecified atom stereocenters. The maximum atomic E-state index is 11.8. The van der Waals surface area contributed by atoms with E-state index in [-0.39, 0.29) is 12.3 Å². The Morgan fingerprint density at radius 1 is 1.39 bits per heavy atom. The van der Waals surface area contributed by atoms with E-state index in [1.165, 1.54) is 0 Å². The first kappa shape index (κ1) is 15.0. The van der Waals surface area contributed by atoms with Crippen LogP contribution in [0.5, 0.6) is 0 Å². The lowest BCUT2D eigenvalue weighted by Gasteiger charge is -2.29. The molecule has 0 aliphatic rings. The molecule has 0 spiro atoms. The van der Waals surface area contributed by atoms with Gasteiger partial charge < -0.3 is 11.1 Å². The molecular formula is C14H21ClN2O. The fourth-order valence-corrected chi connectivity index (χ4v) is 2.22. The number of nitrogens with one attached hydrogen (secondary N) is 1. The summed E-state index contributed by atoms with van der Waals surface area (Å²) in [5, 5.41) is 2.85. The van der Waals surface area contributed by atoms with Gasteiger partial charge in [-0.3, -0.25) is 4.79 Å². The van der Waals surface area contributed by atoms with E-state index >= 15 is 0 Å². The second kappa shape index (κ2) is 7.39. The molecule has 3 N–H and O–H groups in total. The lowest BCUT2D eigenvalue weighted by atomic mass is 9.85. The van der Waals surface area contributed by atoms with E-state index in [1.54, 1.807) is 0 Å². The molecule has 0 radical (unpaired) electrons. The molecule has 4 heteroatoms. The number of hydrogen-bond donors (Lipinski definition) is 2. The number of carbonyl (C=O) groups excluding carboxylic acids is 1. The van der Waals surface area contributed by atoms with Crippen molar-refractivity contribution >= 4 is 17.5 Å². The Balaban J connectivity index is 2.77. The molecule has 1 atom stereocenters. The van der Waals surface area contributed by atoms with Gasteiger partial charge in [-0.15, -0.1) is 11.6 Å². The molecule has 18 heavy (non-hydrogen) atoms. The molecule has 0 bridgehead atoms. The minimum atomic E-state index is -0.680. The van der Waals surface area contributed by atoms with Crippen LogP contribution in [0.4, 0.5) is 0 Å². The summed E-state index contributed by atoms with van der Waals surface area (Å²) in [6.07, 6.45) is 1.77. The van der Waals surface area contributed by atoms with E-state index < -0.39 is 5.54 Å². The molecule has 0 aliphatic carbocycles. The first-order valence-electron chi connectivity index (χ1n) is 6.29. The van der Waals surface area contributed by atoms with Crippen molar-refractivity contribution in [3.63, 3.8) is 0 Å². The van der Waals surface area contributed by atoms with Crippen LogP contribution in [0.1, 0.15) is 31.7 Å². The number of rotatable bonds is 7. The molecular weight excluding hydrogens is 248 g/mol. The third kappa shape index (κ3) is 4.31. The van der Waals surface area contributed by atoms with Gasteiger partial charge in [-0.1, -0.05) is 37.3 Å². The summed E-state index contributed by atoms with van der Waals surface area (Å²) >= 11 is 5.81. The number of nitrogens with two attached hydrogens (primary N) is 1. The highest BCUT2D eigenvalue weighted by atomic mass is 35.5. The third-order valence-corrected chi connectivity index (χ3v) is 3.13. The molecule has 0 saturated heterocycles. The van der Waals surface area contributed by atoms with Crippen molar-refractivity contribution < 1.29 is 4.79 Å². The molecule has 1 amide bonds. The number of carbonyl (C=O) groups is 1. The zero-order chi connectivity index (χ0) is 13.4. The number of alkyl halides is 1. The van der Waals surface area contributed by atoms with Crippen LogP contribution >= 0.6 is 11.6 Å². The minimum absolute atomic E-state index is 0.0201. The lowest BCUT2D eigenvalue weighted by molar-refractivity contribution is -0.122. The van der Waals surface area contributed by atoms with Gasteiger partial charge in [0.2, 0.25) is 5.91 Å². The van der Waals surface area contributed by atoms with Crippen LogP contribution < -0.4 is 11.1 Å². The summed E-state index contributed by atoms with van der Waals surface area (Å²) in [4.78, 5) is 11.8. The monoisotopic (exact) mass is 268 g/mol. The first-order valence-corrected chi connectivity index (χ1v) is 6.83. The van der Waals surface area contributed by atoms with Gasteiger partial charge in [0.25, 0.3) is 0 Å². The fourth-order valence-electron chi connectivity index (χ4n) is 1.89. The van der Waals surface area contributed by atoms with Crippen molar-refractivity contribution in [2.75, 3.05) is 12.4 Å². The Hall–Kier alpha value is -1.06. The largest absolute Gasteiger partial charge is 0.356 e. The van der Waals surface area contributed by atoms with Crippen LogP contribution in [-0.4, -0.2) is 18.3 Å². The molecule has 0 heterocycles. The van der Waals surface area contributed by atoms with Gasteiger partial charge in [0.05, 0.1) is 5.54 Å². The Morgan fingerprint density at radius 2 is 2.06 bits per heavy atom. The highest BCUT2D eigenvalue weighted by molar-refractivity contribution is 6.17. The van der Waals surface area contributed by atoms with Crippen LogP contribution in [0.25, 0.3) is 0 Å². The van der Waals surface area contributed by atoms with E-state index in [1.807, 2.05) is 37.3 Å². The molecule has 0 aromatic heterocycles. The number of hydrogen-bond acceptors (Lipinski definition) is 2. The summed E-state index contributed by atoms with van der Waals surface area (Å²) in [5.74, 6) is 0.417. The summed E-state index contributed by atoms with van der Waals surface area (Å²) in [6, 6.07) is 9.67. The van der Waals surface area contributed by atoms with Crippen molar-refractivity contribution in [2.24, 2.45) is 5.73 Å². The predicted molar refractivity (Wildman–Crippen MR) is 75.6 cm³/mol. The Morgan fingerprint density at radius 3 is 2.61 bits per heavy atom. The molecule has 100 valence electrons. The standard InChI is InChI=1S/C14H21ClN2O/c1-2-10-17-13(18)11-14(16,8-9-15)12-6-4-3-5-7-12/h3-7H,2,8-11,16H2,1H3,(H,17,18). The van der Waals surface area contributed by atoms with Gasteiger partial charge >= 0.3 is 0 Å². The second-order valence-corrected chi connectivity index (χ2v) is 4.87. The quantitative estimate of drug-likeness (QED) is 0.746. The van der Waals surface area contributed by atoms with E-state index in [9.17, 15) is 4.79 Å². The number of amides is 1. The first-order chi connectivity index (χ1) is 8.62. The van der Waals surface area contributed by atoms with Crippen molar-refractivity contribution in [2.45, 2.75) is 31.7 Å². The number of benzene rings is 1. The van der Waals surface area contributed by atoms with Crippen molar-refractivity contribution in [1.82, 2.24) is 5.32 Å². The van der Waals surface area contributed by atoms with Gasteiger partial charge in [0.1, 0.15) is 0 Å². The smallest absolute Gasteiger partial charge is 0.222 e. The Kier molecular flexibility index (Phi) is 6.16. The minimum Gasteiger partial charge on any atom is -0.356 e. The van der Waals surface area contributed by atoms with Gasteiger partial charge in [-0.05, 0) is 18.4 Å². The van der Waals surface area contributed by atoms with E-state index in [0.29, 0.717) is 18.8 Å². The maximum Gasteiger partial charge on any atom is 0.222 e. The normalized spacial score (nSPS) is 13.9. The zero-order valence-corrected chi connectivity index (χ0v) is 11.5.